The summed E-state index contributed by atoms with van der Waals surface area (Å²) < 4.78 is 11.0. The molecule has 0 aromatic heterocycles. The summed E-state index contributed by atoms with van der Waals surface area (Å²) in [4.78, 5) is 9.08. The molecule has 0 aliphatic carbocycles. The van der Waals surface area contributed by atoms with E-state index in [1.54, 1.807) is 0 Å². The number of carbonyl (C=O) groups is 1. The zero-order valence-electron chi connectivity index (χ0n) is 2.32. The first kappa shape index (κ1) is 5.08. The van der Waals surface area contributed by atoms with Crippen molar-refractivity contribution < 1.29 is 9.18 Å². The summed E-state index contributed by atoms with van der Waals surface area (Å²) in [5, 5.41) is -1.48. The Morgan fingerprint density at radius 2 is 2.20 bits per heavy atom. The molecule has 0 aliphatic rings. The summed E-state index contributed by atoms with van der Waals surface area (Å²) in [7, 11) is 0. The zero-order valence-corrected chi connectivity index (χ0v) is 3.90. The van der Waals surface area contributed by atoms with Gasteiger partial charge in [0, 0.05) is 0 Å². The maximum Gasteiger partial charge on any atom is 0.209 e. The molecule has 0 bridgehead atoms. The van der Waals surface area contributed by atoms with Gasteiger partial charge in [-0.1, -0.05) is 0 Å². The predicted molar refractivity (Wildman–Crippen MR) is 19.9 cm³/mol. The van der Waals surface area contributed by atoms with Crippen molar-refractivity contribution in [3.05, 3.63) is 0 Å². The highest BCUT2D eigenvalue weighted by Crippen LogP contribution is 1.92. The Balaban J connectivity index is 2.83. The molecule has 0 radical (unpaired) electrons. The molecular formula is C2H2BrFO. The molecular weight excluding hydrogens is 139 g/mol. The Labute approximate surface area is 37.3 Å². The van der Waals surface area contributed by atoms with Crippen molar-refractivity contribution >= 4 is 22.2 Å². The highest BCUT2D eigenvalue weighted by molar-refractivity contribution is 9.09. The highest BCUT2D eigenvalue weighted by atomic mass is 79.9. The van der Waals surface area contributed by atoms with Crippen LogP contribution in [0.1, 0.15) is 0 Å². The van der Waals surface area contributed by atoms with Gasteiger partial charge in [0.25, 0.3) is 0 Å². The second kappa shape index (κ2) is 2.33. The van der Waals surface area contributed by atoms with Crippen molar-refractivity contribution in [3.63, 3.8) is 0 Å². The van der Waals surface area contributed by atoms with E-state index in [2.05, 4.69) is 15.9 Å². The van der Waals surface area contributed by atoms with Gasteiger partial charge in [0.15, 0.2) is 6.29 Å². The molecule has 0 spiro atoms. The van der Waals surface area contributed by atoms with Gasteiger partial charge in [-0.15, -0.1) is 0 Å². The largest absolute Gasteiger partial charge is 0.299 e. The Kier molecular flexibility index (Phi) is 2.36. The predicted octanol–water partition coefficient (Wildman–Crippen LogP) is 0.876. The molecule has 0 aromatic rings. The van der Waals surface area contributed by atoms with Crippen LogP contribution < -0.4 is 0 Å². The van der Waals surface area contributed by atoms with Crippen molar-refractivity contribution in [1.82, 2.24) is 0 Å². The number of rotatable bonds is 1. The summed E-state index contributed by atoms with van der Waals surface area (Å²) in [6.07, 6.45) is 0.167. The summed E-state index contributed by atoms with van der Waals surface area (Å²) in [5.74, 6) is 0. The van der Waals surface area contributed by atoms with Gasteiger partial charge in [0.05, 0.1) is 0 Å². The first-order chi connectivity index (χ1) is 2.27. The van der Waals surface area contributed by atoms with Crippen LogP contribution in [-0.2, 0) is 4.79 Å². The minimum Gasteiger partial charge on any atom is -0.299 e. The highest BCUT2D eigenvalue weighted by Gasteiger charge is 1.88. The summed E-state index contributed by atoms with van der Waals surface area (Å²) in [5.41, 5.74) is 0. The first-order valence-electron chi connectivity index (χ1n) is 1.01. The molecule has 0 fully saturated rings. The lowest BCUT2D eigenvalue weighted by Gasteiger charge is -1.71. The van der Waals surface area contributed by atoms with Crippen molar-refractivity contribution in [1.29, 1.82) is 0 Å². The van der Waals surface area contributed by atoms with Crippen molar-refractivity contribution in [2.45, 2.75) is 5.08 Å². The quantitative estimate of drug-likeness (QED) is 0.391. The van der Waals surface area contributed by atoms with Gasteiger partial charge < -0.3 is 0 Å². The summed E-state index contributed by atoms with van der Waals surface area (Å²) in [6, 6.07) is 0. The summed E-state index contributed by atoms with van der Waals surface area (Å²) in [6.45, 7) is 0. The lowest BCUT2D eigenvalue weighted by molar-refractivity contribution is -0.109. The smallest absolute Gasteiger partial charge is 0.209 e. The third-order valence-corrected chi connectivity index (χ3v) is 0.319. The third kappa shape index (κ3) is 4.08. The van der Waals surface area contributed by atoms with E-state index in [0.29, 0.717) is 0 Å². The first-order valence-corrected chi connectivity index (χ1v) is 1.92. The SMILES string of the molecule is O=CC(F)Br. The molecule has 1 atom stereocenters. The molecule has 0 rings (SSSR count). The Morgan fingerprint density at radius 1 is 2.00 bits per heavy atom. The number of carbonyl (C=O) groups excluding carboxylic acids is 1. The Bertz CT molecular complexity index is 36.6. The standard InChI is InChI=1S/C2H2BrFO/c3-2(4)1-5/h1-2H. The molecule has 1 unspecified atom stereocenters. The van der Waals surface area contributed by atoms with Crippen LogP contribution in [0.2, 0.25) is 0 Å². The lowest BCUT2D eigenvalue weighted by atomic mass is 10.9. The van der Waals surface area contributed by atoms with Crippen LogP contribution in [0.5, 0.6) is 0 Å². The van der Waals surface area contributed by atoms with E-state index in [1.807, 2.05) is 0 Å². The van der Waals surface area contributed by atoms with Gasteiger partial charge in [0.2, 0.25) is 5.08 Å². The van der Waals surface area contributed by atoms with Gasteiger partial charge in [0.1, 0.15) is 0 Å². The van der Waals surface area contributed by atoms with Crippen LogP contribution >= 0.6 is 15.9 Å². The number of alkyl halides is 2. The van der Waals surface area contributed by atoms with Crippen molar-refractivity contribution in [3.8, 4) is 0 Å². The van der Waals surface area contributed by atoms with Crippen LogP contribution in [0.15, 0.2) is 0 Å². The van der Waals surface area contributed by atoms with Crippen molar-refractivity contribution in [2.24, 2.45) is 0 Å². The van der Waals surface area contributed by atoms with Crippen LogP contribution in [0.3, 0.4) is 0 Å². The topological polar surface area (TPSA) is 17.1 Å². The zero-order chi connectivity index (χ0) is 4.28. The maximum atomic E-state index is 11.0. The normalized spacial score (nSPS) is 14.0. The summed E-state index contributed by atoms with van der Waals surface area (Å²) >= 11 is 2.34. The fourth-order valence-electron chi connectivity index (χ4n) is 0. The second-order valence-electron chi connectivity index (χ2n) is 0.471. The molecule has 0 N–H and O–H groups in total. The minimum absolute atomic E-state index is 0.167. The molecule has 1 nitrogen and oxygen atoms in total. The number of aldehydes is 1. The minimum atomic E-state index is -1.48. The average Bonchev–Trinajstić information content (AvgIpc) is 1.38. The third-order valence-electron chi connectivity index (χ3n) is 0.103. The number of halogens is 2. The van der Waals surface area contributed by atoms with Gasteiger partial charge in [-0.25, -0.2) is 4.39 Å². The molecule has 0 saturated carbocycles. The van der Waals surface area contributed by atoms with Crippen molar-refractivity contribution in [2.75, 3.05) is 0 Å². The molecule has 0 aliphatic heterocycles. The van der Waals surface area contributed by atoms with Gasteiger partial charge >= 0.3 is 0 Å². The van der Waals surface area contributed by atoms with Crippen LogP contribution in [0, 0.1) is 0 Å². The van der Waals surface area contributed by atoms with E-state index < -0.39 is 5.08 Å². The fourth-order valence-corrected chi connectivity index (χ4v) is 0. The number of hydrogen-bond donors (Lipinski definition) is 0. The van der Waals surface area contributed by atoms with E-state index in [4.69, 9.17) is 4.79 Å². The van der Waals surface area contributed by atoms with E-state index in [1.165, 1.54) is 0 Å². The van der Waals surface area contributed by atoms with Crippen LogP contribution in [0.4, 0.5) is 4.39 Å². The Hall–Kier alpha value is 0.0800. The van der Waals surface area contributed by atoms with Gasteiger partial charge in [-0.2, -0.15) is 0 Å². The second-order valence-corrected chi connectivity index (χ2v) is 1.35. The monoisotopic (exact) mass is 140 g/mol. The number of hydrogen-bond acceptors (Lipinski definition) is 1. The lowest BCUT2D eigenvalue weighted by Crippen LogP contribution is -1.82. The van der Waals surface area contributed by atoms with E-state index in [0.717, 1.165) is 0 Å². The van der Waals surface area contributed by atoms with Crippen LogP contribution in [0.25, 0.3) is 0 Å². The van der Waals surface area contributed by atoms with E-state index in [9.17, 15) is 4.39 Å². The van der Waals surface area contributed by atoms with E-state index >= 15 is 0 Å². The van der Waals surface area contributed by atoms with E-state index in [-0.39, 0.29) is 6.29 Å². The molecule has 0 aromatic carbocycles. The molecule has 0 amide bonds. The molecule has 0 saturated heterocycles. The molecule has 0 heterocycles. The fraction of sp³-hybridized carbons (Fsp3) is 0.500. The van der Waals surface area contributed by atoms with Gasteiger partial charge in [-0.05, 0) is 15.9 Å². The Morgan fingerprint density at radius 3 is 2.20 bits per heavy atom. The molecule has 5 heavy (non-hydrogen) atoms. The maximum absolute atomic E-state index is 11.0. The van der Waals surface area contributed by atoms with Crippen LogP contribution in [-0.4, -0.2) is 11.4 Å². The molecule has 3 heteroatoms. The molecule has 30 valence electrons. The average molecular weight is 141 g/mol. The van der Waals surface area contributed by atoms with Gasteiger partial charge in [-0.3, -0.25) is 4.79 Å².